The van der Waals surface area contributed by atoms with Crippen LogP contribution in [0.1, 0.15) is 5.56 Å². The maximum atomic E-state index is 11.4. The third-order valence-electron chi connectivity index (χ3n) is 2.68. The van der Waals surface area contributed by atoms with Gasteiger partial charge in [-0.05, 0) is 29.8 Å². The van der Waals surface area contributed by atoms with Crippen molar-refractivity contribution in [1.82, 2.24) is 10.6 Å². The number of hydrogen-bond acceptors (Lipinski definition) is 2. The van der Waals surface area contributed by atoms with Gasteiger partial charge in [0.2, 0.25) is 0 Å². The fourth-order valence-electron chi connectivity index (χ4n) is 1.72. The summed E-state index contributed by atoms with van der Waals surface area (Å²) in [6.45, 7) is 0.616. The number of terminal acetylenes is 1. The molecule has 4 nitrogen and oxygen atoms in total. The van der Waals surface area contributed by atoms with Crippen LogP contribution in [0.3, 0.4) is 0 Å². The smallest absolute Gasteiger partial charge is 0.315 e. The van der Waals surface area contributed by atoms with Crippen molar-refractivity contribution in [2.75, 3.05) is 6.54 Å². The molecule has 0 aliphatic rings. The van der Waals surface area contributed by atoms with E-state index in [9.17, 15) is 4.79 Å². The molecule has 0 aliphatic heterocycles. The van der Waals surface area contributed by atoms with E-state index in [-0.39, 0.29) is 12.6 Å². The minimum Gasteiger partial charge on any atom is -0.457 e. The molecule has 0 saturated heterocycles. The van der Waals surface area contributed by atoms with E-state index in [0.29, 0.717) is 6.54 Å². The van der Waals surface area contributed by atoms with Crippen LogP contribution in [0.2, 0.25) is 0 Å². The lowest BCUT2D eigenvalue weighted by molar-refractivity contribution is 0.241. The van der Waals surface area contributed by atoms with E-state index in [1.54, 1.807) is 0 Å². The lowest BCUT2D eigenvalue weighted by Gasteiger charge is -2.09. The van der Waals surface area contributed by atoms with Crippen molar-refractivity contribution >= 4 is 6.03 Å². The number of carbonyl (C=O) groups is 1. The fraction of sp³-hybridized carbons (Fsp3) is 0.118. The maximum absolute atomic E-state index is 11.4. The summed E-state index contributed by atoms with van der Waals surface area (Å²) < 4.78 is 5.74. The highest BCUT2D eigenvalue weighted by Crippen LogP contribution is 2.21. The van der Waals surface area contributed by atoms with Gasteiger partial charge < -0.3 is 15.4 Å². The third-order valence-corrected chi connectivity index (χ3v) is 2.68. The quantitative estimate of drug-likeness (QED) is 0.827. The van der Waals surface area contributed by atoms with Gasteiger partial charge in [0, 0.05) is 6.54 Å². The normalized spacial score (nSPS) is 9.48. The Balaban J connectivity index is 1.92. The molecule has 2 aromatic carbocycles. The molecule has 21 heavy (non-hydrogen) atoms. The Morgan fingerprint density at radius 1 is 1.05 bits per heavy atom. The van der Waals surface area contributed by atoms with Crippen molar-refractivity contribution in [2.45, 2.75) is 6.54 Å². The van der Waals surface area contributed by atoms with Crippen LogP contribution in [0.15, 0.2) is 54.6 Å². The molecule has 0 aliphatic carbocycles. The van der Waals surface area contributed by atoms with Gasteiger partial charge in [0.1, 0.15) is 11.5 Å². The zero-order valence-electron chi connectivity index (χ0n) is 11.5. The zero-order valence-corrected chi connectivity index (χ0v) is 11.5. The van der Waals surface area contributed by atoms with Crippen LogP contribution >= 0.6 is 0 Å². The van der Waals surface area contributed by atoms with Gasteiger partial charge in [-0.2, -0.15) is 0 Å². The van der Waals surface area contributed by atoms with E-state index in [2.05, 4.69) is 16.6 Å². The van der Waals surface area contributed by atoms with E-state index < -0.39 is 0 Å². The van der Waals surface area contributed by atoms with Crippen LogP contribution < -0.4 is 15.4 Å². The van der Waals surface area contributed by atoms with Gasteiger partial charge in [-0.15, -0.1) is 6.42 Å². The topological polar surface area (TPSA) is 50.4 Å². The molecule has 0 fully saturated rings. The molecular formula is C17H16N2O2. The minimum atomic E-state index is -0.290. The molecule has 0 bridgehead atoms. The van der Waals surface area contributed by atoms with Crippen LogP contribution in [0.5, 0.6) is 11.5 Å². The molecule has 0 unspecified atom stereocenters. The predicted molar refractivity (Wildman–Crippen MR) is 82.0 cm³/mol. The number of para-hydroxylation sites is 1. The first kappa shape index (κ1) is 14.5. The lowest BCUT2D eigenvalue weighted by atomic mass is 10.2. The highest BCUT2D eigenvalue weighted by Gasteiger charge is 2.01. The van der Waals surface area contributed by atoms with Gasteiger partial charge in [0.05, 0.1) is 6.54 Å². The fourth-order valence-corrected chi connectivity index (χ4v) is 1.72. The Morgan fingerprint density at radius 2 is 1.81 bits per heavy atom. The molecule has 4 heteroatoms. The number of urea groups is 1. The Hall–Kier alpha value is -2.93. The van der Waals surface area contributed by atoms with Gasteiger partial charge in [0.25, 0.3) is 0 Å². The lowest BCUT2D eigenvalue weighted by Crippen LogP contribution is -2.35. The first-order valence-electron chi connectivity index (χ1n) is 6.55. The van der Waals surface area contributed by atoms with Crippen molar-refractivity contribution in [3.8, 4) is 23.8 Å². The van der Waals surface area contributed by atoms with E-state index in [4.69, 9.17) is 11.2 Å². The largest absolute Gasteiger partial charge is 0.457 e. The molecule has 2 N–H and O–H groups in total. The van der Waals surface area contributed by atoms with Gasteiger partial charge >= 0.3 is 6.03 Å². The van der Waals surface area contributed by atoms with Crippen molar-refractivity contribution in [3.63, 3.8) is 0 Å². The molecule has 0 heterocycles. The van der Waals surface area contributed by atoms with Gasteiger partial charge in [-0.3, -0.25) is 0 Å². The number of carbonyl (C=O) groups excluding carboxylic acids is 1. The summed E-state index contributed by atoms with van der Waals surface area (Å²) in [5.41, 5.74) is 0.944. The molecular weight excluding hydrogens is 264 g/mol. The number of nitrogens with one attached hydrogen (secondary N) is 2. The summed E-state index contributed by atoms with van der Waals surface area (Å²) in [5.74, 6) is 3.84. The standard InChI is InChI=1S/C17H16N2O2/c1-2-11-18-17(20)19-13-14-7-6-10-16(12-14)21-15-8-4-3-5-9-15/h1,3-10,12H,11,13H2,(H2,18,19,20). The summed E-state index contributed by atoms with van der Waals surface area (Å²) in [6.07, 6.45) is 5.07. The van der Waals surface area contributed by atoms with Crippen LogP contribution in [0, 0.1) is 12.3 Å². The average molecular weight is 280 g/mol. The summed E-state index contributed by atoms with van der Waals surface area (Å²) in [7, 11) is 0. The van der Waals surface area contributed by atoms with Crippen LogP contribution in [0.4, 0.5) is 4.79 Å². The number of amides is 2. The second kappa shape index (κ2) is 7.61. The summed E-state index contributed by atoms with van der Waals surface area (Å²) in [6, 6.07) is 16.8. The Bertz CT molecular complexity index is 633. The molecule has 0 spiro atoms. The molecule has 2 amide bonds. The van der Waals surface area contributed by atoms with Crippen LogP contribution in [-0.2, 0) is 6.54 Å². The third kappa shape index (κ3) is 4.92. The minimum absolute atomic E-state index is 0.211. The Morgan fingerprint density at radius 3 is 2.57 bits per heavy atom. The molecule has 106 valence electrons. The zero-order chi connectivity index (χ0) is 14.9. The van der Waals surface area contributed by atoms with E-state index in [1.165, 1.54) is 0 Å². The van der Waals surface area contributed by atoms with E-state index in [1.807, 2.05) is 54.6 Å². The molecule has 0 radical (unpaired) electrons. The van der Waals surface area contributed by atoms with Crippen molar-refractivity contribution in [1.29, 1.82) is 0 Å². The van der Waals surface area contributed by atoms with E-state index in [0.717, 1.165) is 17.1 Å². The summed E-state index contributed by atoms with van der Waals surface area (Å²) in [4.78, 5) is 11.4. The summed E-state index contributed by atoms with van der Waals surface area (Å²) in [5, 5.41) is 5.26. The number of hydrogen-bond donors (Lipinski definition) is 2. The second-order valence-corrected chi connectivity index (χ2v) is 4.30. The molecule has 2 rings (SSSR count). The number of ether oxygens (including phenoxy) is 1. The monoisotopic (exact) mass is 280 g/mol. The first-order chi connectivity index (χ1) is 10.3. The molecule has 0 atom stereocenters. The first-order valence-corrected chi connectivity index (χ1v) is 6.55. The molecule has 2 aromatic rings. The average Bonchev–Trinajstić information content (AvgIpc) is 2.52. The van der Waals surface area contributed by atoms with Crippen molar-refractivity contribution < 1.29 is 9.53 Å². The Kier molecular flexibility index (Phi) is 5.25. The van der Waals surface area contributed by atoms with Gasteiger partial charge in [0.15, 0.2) is 0 Å². The molecule has 0 aromatic heterocycles. The number of benzene rings is 2. The highest BCUT2D eigenvalue weighted by molar-refractivity contribution is 5.74. The summed E-state index contributed by atoms with van der Waals surface area (Å²) >= 11 is 0. The number of rotatable bonds is 5. The van der Waals surface area contributed by atoms with Gasteiger partial charge in [-0.25, -0.2) is 4.79 Å². The van der Waals surface area contributed by atoms with Crippen LogP contribution in [-0.4, -0.2) is 12.6 Å². The van der Waals surface area contributed by atoms with E-state index >= 15 is 0 Å². The van der Waals surface area contributed by atoms with Crippen LogP contribution in [0.25, 0.3) is 0 Å². The highest BCUT2D eigenvalue weighted by atomic mass is 16.5. The van der Waals surface area contributed by atoms with Crippen molar-refractivity contribution in [3.05, 3.63) is 60.2 Å². The van der Waals surface area contributed by atoms with Gasteiger partial charge in [-0.1, -0.05) is 36.3 Å². The maximum Gasteiger partial charge on any atom is 0.315 e. The molecule has 0 saturated carbocycles. The Labute approximate surface area is 124 Å². The predicted octanol–water partition coefficient (Wildman–Crippen LogP) is 2.91. The SMILES string of the molecule is C#CCNC(=O)NCc1cccc(Oc2ccccc2)c1. The van der Waals surface area contributed by atoms with Crippen molar-refractivity contribution in [2.24, 2.45) is 0 Å². The second-order valence-electron chi connectivity index (χ2n) is 4.30.